The summed E-state index contributed by atoms with van der Waals surface area (Å²) in [5.74, 6) is 4.75. The molecule has 0 nitrogen and oxygen atoms in total. The van der Waals surface area contributed by atoms with Crippen LogP contribution in [0.2, 0.25) is 0 Å². The van der Waals surface area contributed by atoms with E-state index in [1.807, 2.05) is 0 Å². The van der Waals surface area contributed by atoms with Gasteiger partial charge in [0.15, 0.2) is 0 Å². The first-order valence-corrected chi connectivity index (χ1v) is 10.9. The van der Waals surface area contributed by atoms with Gasteiger partial charge in [-0.15, -0.1) is 0 Å². The normalized spacial score (nSPS) is 51.0. The molecule has 8 atom stereocenters. The predicted octanol–water partition coefficient (Wildman–Crippen LogP) is 7.33. The van der Waals surface area contributed by atoms with Crippen molar-refractivity contribution in [2.45, 2.75) is 99.8 Å². The van der Waals surface area contributed by atoms with E-state index in [0.717, 1.165) is 35.0 Å². The fourth-order valence-electron chi connectivity index (χ4n) is 8.81. The zero-order valence-corrected chi connectivity index (χ0v) is 17.0. The quantitative estimate of drug-likeness (QED) is 0.481. The summed E-state index contributed by atoms with van der Waals surface area (Å²) in [7, 11) is 0. The predicted molar refractivity (Wildman–Crippen MR) is 101 cm³/mol. The van der Waals surface area contributed by atoms with E-state index in [1.54, 1.807) is 12.8 Å². The Balaban J connectivity index is 2.10. The highest BCUT2D eigenvalue weighted by atomic mass is 14.9. The molecule has 2 spiro atoms. The summed E-state index contributed by atoms with van der Waals surface area (Å²) in [6, 6.07) is 0. The lowest BCUT2D eigenvalue weighted by molar-refractivity contribution is 0.0503. The fraction of sp³-hybridized carbons (Fsp3) is 1.00. The third-order valence-electron chi connectivity index (χ3n) is 9.81. The van der Waals surface area contributed by atoms with Gasteiger partial charge in [-0.25, -0.2) is 0 Å². The minimum Gasteiger partial charge on any atom is -0.0654 e. The number of rotatable bonds is 6. The number of hydrogen-bond acceptors (Lipinski definition) is 0. The van der Waals surface area contributed by atoms with E-state index >= 15 is 0 Å². The fourth-order valence-corrected chi connectivity index (χ4v) is 8.81. The van der Waals surface area contributed by atoms with Gasteiger partial charge in [0.05, 0.1) is 0 Å². The van der Waals surface area contributed by atoms with Crippen molar-refractivity contribution < 1.29 is 0 Å². The van der Waals surface area contributed by atoms with Crippen LogP contribution in [-0.2, 0) is 0 Å². The van der Waals surface area contributed by atoms with Crippen LogP contribution in [0.15, 0.2) is 0 Å². The molecule has 0 aliphatic heterocycles. The highest BCUT2D eigenvalue weighted by Crippen LogP contribution is 2.96. The van der Waals surface area contributed by atoms with Crippen LogP contribution in [0.3, 0.4) is 0 Å². The van der Waals surface area contributed by atoms with Gasteiger partial charge >= 0.3 is 0 Å². The Hall–Kier alpha value is 0. The van der Waals surface area contributed by atoms with Crippen molar-refractivity contribution in [2.24, 2.45) is 45.8 Å². The second-order valence-electron chi connectivity index (χ2n) is 9.81. The van der Waals surface area contributed by atoms with Crippen LogP contribution in [0.25, 0.3) is 0 Å². The summed E-state index contributed by atoms with van der Waals surface area (Å²) < 4.78 is 0. The maximum absolute atomic E-state index is 2.65. The average Bonchev–Trinajstić information content (AvgIpc) is 2.93. The average molecular weight is 319 g/mol. The third kappa shape index (κ3) is 1.75. The number of fused-ring (bicyclic) bond motifs is 1. The van der Waals surface area contributed by atoms with Crippen LogP contribution in [-0.4, -0.2) is 0 Å². The van der Waals surface area contributed by atoms with Crippen LogP contribution in [0, 0.1) is 45.8 Å². The highest BCUT2D eigenvalue weighted by molar-refractivity contribution is 5.38. The van der Waals surface area contributed by atoms with Crippen LogP contribution in [0.1, 0.15) is 99.8 Å². The van der Waals surface area contributed by atoms with Gasteiger partial charge < -0.3 is 0 Å². The van der Waals surface area contributed by atoms with Crippen LogP contribution in [0.5, 0.6) is 0 Å². The van der Waals surface area contributed by atoms with Crippen LogP contribution >= 0.6 is 0 Å². The zero-order valence-electron chi connectivity index (χ0n) is 17.0. The molecule has 0 N–H and O–H groups in total. The lowest BCUT2D eigenvalue weighted by Gasteiger charge is -2.44. The van der Waals surface area contributed by atoms with Crippen molar-refractivity contribution in [3.05, 3.63) is 0 Å². The second kappa shape index (κ2) is 5.77. The van der Waals surface area contributed by atoms with E-state index in [9.17, 15) is 0 Å². The molecule has 3 aliphatic rings. The minimum atomic E-state index is 0.674. The van der Waals surface area contributed by atoms with Crippen molar-refractivity contribution in [3.8, 4) is 0 Å². The van der Waals surface area contributed by atoms with E-state index in [2.05, 4.69) is 48.5 Å². The van der Waals surface area contributed by atoms with Gasteiger partial charge in [-0.05, 0) is 77.9 Å². The van der Waals surface area contributed by atoms with Gasteiger partial charge in [0.1, 0.15) is 0 Å². The maximum Gasteiger partial charge on any atom is -0.0137 e. The Morgan fingerprint density at radius 2 is 1.61 bits per heavy atom. The van der Waals surface area contributed by atoms with Crippen molar-refractivity contribution in [3.63, 3.8) is 0 Å². The molecule has 3 fully saturated rings. The lowest BCUT2D eigenvalue weighted by atomic mass is 9.61. The molecule has 0 amide bonds. The molecule has 134 valence electrons. The molecular formula is C23H42. The molecule has 3 saturated carbocycles. The molecule has 0 bridgehead atoms. The van der Waals surface area contributed by atoms with Gasteiger partial charge in [-0.1, -0.05) is 67.7 Å². The van der Waals surface area contributed by atoms with Crippen molar-refractivity contribution in [2.75, 3.05) is 0 Å². The van der Waals surface area contributed by atoms with Crippen LogP contribution < -0.4 is 0 Å². The second-order valence-corrected chi connectivity index (χ2v) is 9.81. The summed E-state index contributed by atoms with van der Waals surface area (Å²) in [4.78, 5) is 0. The first-order valence-electron chi connectivity index (χ1n) is 10.9. The lowest BCUT2D eigenvalue weighted by Crippen LogP contribution is -2.36. The van der Waals surface area contributed by atoms with E-state index < -0.39 is 0 Å². The SMILES string of the molecule is CCCC1(C(C)C(C)CC)C2(CCC2C)C12CCC(C)C2CC. The number of hydrogen-bond donors (Lipinski definition) is 0. The molecule has 8 unspecified atom stereocenters. The van der Waals surface area contributed by atoms with E-state index in [4.69, 9.17) is 0 Å². The molecule has 23 heavy (non-hydrogen) atoms. The topological polar surface area (TPSA) is 0 Å². The Kier molecular flexibility index (Phi) is 4.47. The first-order chi connectivity index (χ1) is 10.9. The third-order valence-corrected chi connectivity index (χ3v) is 9.81. The Bertz CT molecular complexity index is 439. The summed E-state index contributed by atoms with van der Waals surface area (Å²) in [5.41, 5.74) is 2.11. The van der Waals surface area contributed by atoms with E-state index in [1.165, 1.54) is 38.5 Å². The van der Waals surface area contributed by atoms with Gasteiger partial charge in [-0.3, -0.25) is 0 Å². The summed E-state index contributed by atoms with van der Waals surface area (Å²) >= 11 is 0. The molecular weight excluding hydrogens is 276 g/mol. The maximum atomic E-state index is 2.65. The Morgan fingerprint density at radius 1 is 0.957 bits per heavy atom. The molecule has 0 aromatic heterocycles. The van der Waals surface area contributed by atoms with Gasteiger partial charge in [0, 0.05) is 0 Å². The van der Waals surface area contributed by atoms with Crippen molar-refractivity contribution in [1.82, 2.24) is 0 Å². The molecule has 3 aliphatic carbocycles. The van der Waals surface area contributed by atoms with Gasteiger partial charge in [-0.2, -0.15) is 0 Å². The van der Waals surface area contributed by atoms with Gasteiger partial charge in [0.25, 0.3) is 0 Å². The molecule has 0 aromatic carbocycles. The Morgan fingerprint density at radius 3 is 2.04 bits per heavy atom. The zero-order chi connectivity index (χ0) is 17.0. The standard InChI is InChI=1S/C23H42/c1-8-13-22(19(7)16(4)9-2)21(15-12-18(21)6)23(22)14-11-17(5)20(23)10-3/h16-20H,8-15H2,1-7H3. The van der Waals surface area contributed by atoms with E-state index in [-0.39, 0.29) is 0 Å². The molecule has 3 rings (SSSR count). The molecule has 0 saturated heterocycles. The molecule has 0 radical (unpaired) electrons. The first kappa shape index (κ1) is 17.8. The molecule has 0 heterocycles. The van der Waals surface area contributed by atoms with Crippen LogP contribution in [0.4, 0.5) is 0 Å². The summed E-state index contributed by atoms with van der Waals surface area (Å²) in [6.45, 7) is 17.7. The van der Waals surface area contributed by atoms with E-state index in [0.29, 0.717) is 10.8 Å². The largest absolute Gasteiger partial charge is 0.0654 e. The molecule has 0 aromatic rings. The van der Waals surface area contributed by atoms with Crippen molar-refractivity contribution in [1.29, 1.82) is 0 Å². The minimum absolute atomic E-state index is 0.674. The van der Waals surface area contributed by atoms with Crippen molar-refractivity contribution >= 4 is 0 Å². The van der Waals surface area contributed by atoms with Gasteiger partial charge in [0.2, 0.25) is 0 Å². The smallest absolute Gasteiger partial charge is 0.0137 e. The Labute approximate surface area is 146 Å². The highest BCUT2D eigenvalue weighted by Gasteiger charge is 2.91. The summed E-state index contributed by atoms with van der Waals surface area (Å²) in [6.07, 6.45) is 11.8. The monoisotopic (exact) mass is 318 g/mol. The summed E-state index contributed by atoms with van der Waals surface area (Å²) in [5, 5.41) is 0. The molecule has 0 heteroatoms.